The van der Waals surface area contributed by atoms with Gasteiger partial charge in [0.05, 0.1) is 31.1 Å². The molecule has 0 bridgehead atoms. The minimum absolute atomic E-state index is 0.0505. The lowest BCUT2D eigenvalue weighted by Gasteiger charge is -2.31. The molecule has 1 saturated heterocycles. The van der Waals surface area contributed by atoms with Crippen LogP contribution < -0.4 is 10.2 Å². The third kappa shape index (κ3) is 4.94. The number of sulfonamides is 1. The number of carbonyl (C=O) groups excluding carboxylic acids is 1. The van der Waals surface area contributed by atoms with Crippen LogP contribution in [0.15, 0.2) is 53.4 Å². The molecule has 7 heteroatoms. The molecule has 1 aliphatic rings. The van der Waals surface area contributed by atoms with Crippen molar-refractivity contribution < 1.29 is 18.1 Å². The first-order valence-corrected chi connectivity index (χ1v) is 10.6. The maximum atomic E-state index is 12.7. The van der Waals surface area contributed by atoms with Gasteiger partial charge in [0.2, 0.25) is 10.0 Å². The number of hydrogen-bond acceptors (Lipinski definition) is 3. The van der Waals surface area contributed by atoms with E-state index in [-0.39, 0.29) is 5.91 Å². The smallest absolute Gasteiger partial charge is 0.279 e. The van der Waals surface area contributed by atoms with Crippen molar-refractivity contribution in [2.24, 2.45) is 0 Å². The highest BCUT2D eigenvalue weighted by molar-refractivity contribution is 7.89. The van der Waals surface area contributed by atoms with Crippen LogP contribution in [0.4, 0.5) is 5.69 Å². The number of quaternary nitrogens is 1. The molecule has 1 aliphatic heterocycles. The molecule has 3 rings (SSSR count). The zero-order chi connectivity index (χ0) is 19.4. The summed E-state index contributed by atoms with van der Waals surface area (Å²) in [7, 11) is -3.46. The van der Waals surface area contributed by atoms with E-state index in [4.69, 9.17) is 0 Å². The fourth-order valence-electron chi connectivity index (χ4n) is 3.23. The lowest BCUT2D eigenvalue weighted by atomic mass is 10.2. The number of rotatable bonds is 5. The molecule has 144 valence electrons. The minimum Gasteiger partial charge on any atom is -0.325 e. The van der Waals surface area contributed by atoms with Crippen molar-refractivity contribution in [1.29, 1.82) is 0 Å². The summed E-state index contributed by atoms with van der Waals surface area (Å²) in [5, 5.41) is 2.91. The third-order valence-electron chi connectivity index (χ3n) is 4.80. The Morgan fingerprint density at radius 3 is 2.33 bits per heavy atom. The Labute approximate surface area is 160 Å². The molecule has 0 aliphatic carbocycles. The standard InChI is InChI=1S/C20H25N3O3S/c1-16-6-8-19(9-7-16)27(25,26)23-12-10-22(11-13-23)15-20(24)21-18-5-3-4-17(2)14-18/h3-9,14H,10-13,15H2,1-2H3,(H,21,24)/p+1. The zero-order valence-corrected chi connectivity index (χ0v) is 16.6. The highest BCUT2D eigenvalue weighted by Gasteiger charge is 2.31. The Balaban J connectivity index is 1.54. The van der Waals surface area contributed by atoms with E-state index < -0.39 is 10.0 Å². The van der Waals surface area contributed by atoms with Crippen LogP contribution in [0.5, 0.6) is 0 Å². The first kappa shape index (κ1) is 19.5. The van der Waals surface area contributed by atoms with Crippen molar-refractivity contribution in [3.63, 3.8) is 0 Å². The van der Waals surface area contributed by atoms with Gasteiger partial charge >= 0.3 is 0 Å². The lowest BCUT2D eigenvalue weighted by molar-refractivity contribution is -0.895. The summed E-state index contributed by atoms with van der Waals surface area (Å²) < 4.78 is 27.0. The molecule has 0 aromatic heterocycles. The molecule has 0 atom stereocenters. The van der Waals surface area contributed by atoms with E-state index in [1.165, 1.54) is 4.31 Å². The van der Waals surface area contributed by atoms with Crippen molar-refractivity contribution in [3.05, 3.63) is 59.7 Å². The maximum absolute atomic E-state index is 12.7. The second-order valence-corrected chi connectivity index (χ2v) is 9.00. The summed E-state index contributed by atoms with van der Waals surface area (Å²) in [4.78, 5) is 13.7. The predicted molar refractivity (Wildman–Crippen MR) is 105 cm³/mol. The fourth-order valence-corrected chi connectivity index (χ4v) is 4.68. The van der Waals surface area contributed by atoms with E-state index in [1.54, 1.807) is 12.1 Å². The molecule has 27 heavy (non-hydrogen) atoms. The number of aryl methyl sites for hydroxylation is 2. The summed E-state index contributed by atoms with van der Waals surface area (Å²) in [5.41, 5.74) is 2.91. The Hall–Kier alpha value is -2.22. The molecule has 1 fully saturated rings. The molecular weight excluding hydrogens is 362 g/mol. The summed E-state index contributed by atoms with van der Waals surface area (Å²) in [5.74, 6) is -0.0505. The van der Waals surface area contributed by atoms with E-state index in [0.29, 0.717) is 37.6 Å². The maximum Gasteiger partial charge on any atom is 0.279 e. The number of carbonyl (C=O) groups is 1. The van der Waals surface area contributed by atoms with E-state index in [0.717, 1.165) is 21.7 Å². The van der Waals surface area contributed by atoms with Gasteiger partial charge in [-0.15, -0.1) is 0 Å². The quantitative estimate of drug-likeness (QED) is 0.797. The average Bonchev–Trinajstić information content (AvgIpc) is 2.62. The highest BCUT2D eigenvalue weighted by Crippen LogP contribution is 2.16. The van der Waals surface area contributed by atoms with Crippen molar-refractivity contribution in [2.75, 3.05) is 38.0 Å². The van der Waals surface area contributed by atoms with Crippen molar-refractivity contribution in [3.8, 4) is 0 Å². The van der Waals surface area contributed by atoms with Crippen LogP contribution in [0, 0.1) is 13.8 Å². The third-order valence-corrected chi connectivity index (χ3v) is 6.71. The Kier molecular flexibility index (Phi) is 5.94. The first-order valence-electron chi connectivity index (χ1n) is 9.11. The second-order valence-electron chi connectivity index (χ2n) is 7.06. The van der Waals surface area contributed by atoms with Gasteiger partial charge in [-0.25, -0.2) is 8.42 Å². The molecule has 1 amide bonds. The molecule has 2 N–H and O–H groups in total. The second kappa shape index (κ2) is 8.21. The van der Waals surface area contributed by atoms with Crippen LogP contribution >= 0.6 is 0 Å². The van der Waals surface area contributed by atoms with Gasteiger partial charge in [-0.05, 0) is 43.7 Å². The van der Waals surface area contributed by atoms with Gasteiger partial charge in [0.1, 0.15) is 0 Å². The molecular formula is C20H26N3O3S+. The van der Waals surface area contributed by atoms with E-state index in [9.17, 15) is 13.2 Å². The Bertz CT molecular complexity index is 902. The SMILES string of the molecule is Cc1ccc(S(=O)(=O)N2CC[NH+](CC(=O)Nc3cccc(C)c3)CC2)cc1. The molecule has 2 aromatic rings. The van der Waals surface area contributed by atoms with Gasteiger partial charge in [0, 0.05) is 5.69 Å². The summed E-state index contributed by atoms with van der Waals surface area (Å²) >= 11 is 0. The Morgan fingerprint density at radius 2 is 1.70 bits per heavy atom. The lowest BCUT2D eigenvalue weighted by Crippen LogP contribution is -3.15. The monoisotopic (exact) mass is 388 g/mol. The molecule has 0 radical (unpaired) electrons. The zero-order valence-electron chi connectivity index (χ0n) is 15.7. The van der Waals surface area contributed by atoms with Gasteiger partial charge in [-0.1, -0.05) is 29.8 Å². The molecule has 0 unspecified atom stereocenters. The van der Waals surface area contributed by atoms with Gasteiger partial charge in [-0.2, -0.15) is 4.31 Å². The van der Waals surface area contributed by atoms with Crippen LogP contribution in [0.3, 0.4) is 0 Å². The van der Waals surface area contributed by atoms with Crippen LogP contribution in [-0.2, 0) is 14.8 Å². The van der Waals surface area contributed by atoms with E-state index in [1.807, 2.05) is 50.2 Å². The summed E-state index contributed by atoms with van der Waals surface area (Å²) in [6.07, 6.45) is 0. The molecule has 0 spiro atoms. The van der Waals surface area contributed by atoms with Crippen molar-refractivity contribution >= 4 is 21.6 Å². The largest absolute Gasteiger partial charge is 0.325 e. The van der Waals surface area contributed by atoms with Crippen LogP contribution in [-0.4, -0.2) is 51.4 Å². The number of amides is 1. The van der Waals surface area contributed by atoms with Crippen LogP contribution in [0.25, 0.3) is 0 Å². The van der Waals surface area contributed by atoms with Gasteiger partial charge in [0.15, 0.2) is 6.54 Å². The summed E-state index contributed by atoms with van der Waals surface area (Å²) in [6.45, 7) is 6.33. The number of nitrogens with one attached hydrogen (secondary N) is 2. The fraction of sp³-hybridized carbons (Fsp3) is 0.350. The normalized spacial score (nSPS) is 16.2. The number of piperazine rings is 1. The molecule has 6 nitrogen and oxygen atoms in total. The number of nitrogens with zero attached hydrogens (tertiary/aromatic N) is 1. The number of benzene rings is 2. The van der Waals surface area contributed by atoms with E-state index in [2.05, 4.69) is 5.32 Å². The highest BCUT2D eigenvalue weighted by atomic mass is 32.2. The van der Waals surface area contributed by atoms with Crippen LogP contribution in [0.1, 0.15) is 11.1 Å². The number of anilines is 1. The Morgan fingerprint density at radius 1 is 1.04 bits per heavy atom. The molecule has 2 aromatic carbocycles. The van der Waals surface area contributed by atoms with Gasteiger partial charge < -0.3 is 10.2 Å². The van der Waals surface area contributed by atoms with Gasteiger partial charge in [-0.3, -0.25) is 4.79 Å². The minimum atomic E-state index is -3.46. The number of hydrogen-bond donors (Lipinski definition) is 2. The molecule has 1 heterocycles. The van der Waals surface area contributed by atoms with E-state index >= 15 is 0 Å². The topological polar surface area (TPSA) is 70.9 Å². The summed E-state index contributed by atoms with van der Waals surface area (Å²) in [6, 6.07) is 14.6. The van der Waals surface area contributed by atoms with Crippen molar-refractivity contribution in [2.45, 2.75) is 18.7 Å². The van der Waals surface area contributed by atoms with Gasteiger partial charge in [0.25, 0.3) is 5.91 Å². The van der Waals surface area contributed by atoms with Crippen LogP contribution in [0.2, 0.25) is 0 Å². The molecule has 0 saturated carbocycles. The van der Waals surface area contributed by atoms with Crippen molar-refractivity contribution in [1.82, 2.24) is 4.31 Å². The average molecular weight is 389 g/mol. The first-order chi connectivity index (χ1) is 12.8. The predicted octanol–water partition coefficient (Wildman–Crippen LogP) is 0.831.